The molecule has 1 rings (SSSR count). The highest BCUT2D eigenvalue weighted by atomic mass is 35.5. The van der Waals surface area contributed by atoms with Crippen molar-refractivity contribution in [3.8, 4) is 0 Å². The Kier molecular flexibility index (Phi) is 5.94. The van der Waals surface area contributed by atoms with Crippen LogP contribution >= 0.6 is 11.6 Å². The van der Waals surface area contributed by atoms with Gasteiger partial charge in [-0.2, -0.15) is 0 Å². The highest BCUT2D eigenvalue weighted by molar-refractivity contribution is 6.29. The lowest BCUT2D eigenvalue weighted by Crippen LogP contribution is -2.04. The van der Waals surface area contributed by atoms with Crippen molar-refractivity contribution in [3.05, 3.63) is 28.5 Å². The first-order valence-electron chi connectivity index (χ1n) is 4.91. The zero-order valence-electron chi connectivity index (χ0n) is 9.41. The molecule has 0 aromatic carbocycles. The monoisotopic (exact) mass is 229 g/mol. The molecule has 4 heteroatoms. The fraction of sp³-hybridized carbons (Fsp3) is 0.455. The summed E-state index contributed by atoms with van der Waals surface area (Å²) in [7, 11) is 0. The number of carbonyl (C=O) groups is 1. The van der Waals surface area contributed by atoms with Crippen LogP contribution in [0.1, 0.15) is 49.5 Å². The Morgan fingerprint density at radius 2 is 2.00 bits per heavy atom. The molecule has 0 unspecified atom stereocenters. The average molecular weight is 230 g/mol. The Morgan fingerprint density at radius 3 is 2.40 bits per heavy atom. The number of nitrogens with zero attached hydrogens (tertiary/aromatic N) is 1. The average Bonchev–Trinajstić information content (AvgIpc) is 2.20. The van der Waals surface area contributed by atoms with Crippen LogP contribution in [0.4, 0.5) is 0 Å². The fourth-order valence-electron chi connectivity index (χ4n) is 1.10. The first-order chi connectivity index (χ1) is 7.02. The van der Waals surface area contributed by atoms with Crippen LogP contribution in [0.5, 0.6) is 0 Å². The van der Waals surface area contributed by atoms with E-state index in [1.165, 1.54) is 6.20 Å². The molecule has 1 heterocycles. The topological polar surface area (TPSA) is 50.2 Å². The second-order valence-corrected chi connectivity index (χ2v) is 3.44. The van der Waals surface area contributed by atoms with Gasteiger partial charge < -0.3 is 5.11 Å². The molecule has 1 aromatic heterocycles. The van der Waals surface area contributed by atoms with Gasteiger partial charge in [-0.05, 0) is 17.5 Å². The minimum atomic E-state index is -0.965. The largest absolute Gasteiger partial charge is 0.478 e. The maximum absolute atomic E-state index is 10.8. The van der Waals surface area contributed by atoms with Crippen LogP contribution in [0.15, 0.2) is 12.3 Å². The van der Waals surface area contributed by atoms with Crippen molar-refractivity contribution >= 4 is 17.6 Å². The van der Waals surface area contributed by atoms with Gasteiger partial charge in [-0.25, -0.2) is 9.78 Å². The minimum Gasteiger partial charge on any atom is -0.478 e. The van der Waals surface area contributed by atoms with Crippen LogP contribution in [0.3, 0.4) is 0 Å². The summed E-state index contributed by atoms with van der Waals surface area (Å²) in [6, 6.07) is 1.59. The van der Waals surface area contributed by atoms with E-state index in [1.54, 1.807) is 6.07 Å². The van der Waals surface area contributed by atoms with Gasteiger partial charge in [0.2, 0.25) is 0 Å². The minimum absolute atomic E-state index is 0.131. The van der Waals surface area contributed by atoms with Crippen LogP contribution in [0.25, 0.3) is 0 Å². The SMILES string of the molecule is CC.CC(C)c1cc(Cl)ncc1C(=O)O. The van der Waals surface area contributed by atoms with Gasteiger partial charge in [-0.1, -0.05) is 39.3 Å². The summed E-state index contributed by atoms with van der Waals surface area (Å²) in [6.45, 7) is 7.83. The number of carboxylic acids is 1. The summed E-state index contributed by atoms with van der Waals surface area (Å²) in [6.07, 6.45) is 1.29. The Labute approximate surface area is 95.1 Å². The quantitative estimate of drug-likeness (QED) is 0.789. The maximum Gasteiger partial charge on any atom is 0.337 e. The number of pyridine rings is 1. The predicted octanol–water partition coefficient (Wildman–Crippen LogP) is 3.58. The van der Waals surface area contributed by atoms with E-state index in [2.05, 4.69) is 4.98 Å². The van der Waals surface area contributed by atoms with E-state index < -0.39 is 5.97 Å². The van der Waals surface area contributed by atoms with Crippen LogP contribution in [-0.2, 0) is 0 Å². The van der Waals surface area contributed by atoms with Crippen molar-refractivity contribution in [2.24, 2.45) is 0 Å². The van der Waals surface area contributed by atoms with Gasteiger partial charge in [0.15, 0.2) is 0 Å². The van der Waals surface area contributed by atoms with Crippen molar-refractivity contribution in [1.82, 2.24) is 4.98 Å². The Morgan fingerprint density at radius 1 is 1.47 bits per heavy atom. The normalized spacial score (nSPS) is 9.47. The molecule has 1 aromatic rings. The predicted molar refractivity (Wildman–Crippen MR) is 61.6 cm³/mol. The molecule has 0 radical (unpaired) electrons. The number of halogens is 1. The summed E-state index contributed by atoms with van der Waals surface area (Å²) in [4.78, 5) is 14.5. The molecular weight excluding hydrogens is 214 g/mol. The first-order valence-corrected chi connectivity index (χ1v) is 5.29. The van der Waals surface area contributed by atoms with E-state index in [1.807, 2.05) is 27.7 Å². The van der Waals surface area contributed by atoms with E-state index in [9.17, 15) is 4.79 Å². The number of hydrogen-bond donors (Lipinski definition) is 1. The third-order valence-corrected chi connectivity index (χ3v) is 1.96. The van der Waals surface area contributed by atoms with Gasteiger partial charge in [0.1, 0.15) is 5.15 Å². The Hall–Kier alpha value is -1.09. The summed E-state index contributed by atoms with van der Waals surface area (Å²) >= 11 is 5.66. The summed E-state index contributed by atoms with van der Waals surface area (Å²) < 4.78 is 0. The first kappa shape index (κ1) is 13.9. The number of aromatic carboxylic acids is 1. The fourth-order valence-corrected chi connectivity index (χ4v) is 1.27. The Bertz CT molecular complexity index is 337. The van der Waals surface area contributed by atoms with E-state index >= 15 is 0 Å². The molecule has 0 bridgehead atoms. The molecule has 0 fully saturated rings. The van der Waals surface area contributed by atoms with Crippen molar-refractivity contribution in [3.63, 3.8) is 0 Å². The third-order valence-electron chi connectivity index (χ3n) is 1.76. The van der Waals surface area contributed by atoms with Crippen molar-refractivity contribution in [2.45, 2.75) is 33.6 Å². The number of carboxylic acid groups (broad SMARTS) is 1. The van der Waals surface area contributed by atoms with Gasteiger partial charge >= 0.3 is 5.97 Å². The molecule has 0 atom stereocenters. The molecule has 84 valence electrons. The summed E-state index contributed by atoms with van der Waals surface area (Å²) in [5, 5.41) is 9.15. The van der Waals surface area contributed by atoms with Gasteiger partial charge in [0.25, 0.3) is 0 Å². The molecule has 3 nitrogen and oxygen atoms in total. The molecule has 0 aliphatic heterocycles. The number of aromatic nitrogens is 1. The summed E-state index contributed by atoms with van der Waals surface area (Å²) in [5.41, 5.74) is 0.937. The van der Waals surface area contributed by atoms with E-state index in [0.29, 0.717) is 10.7 Å². The van der Waals surface area contributed by atoms with Gasteiger partial charge in [-0.3, -0.25) is 0 Å². The zero-order valence-corrected chi connectivity index (χ0v) is 10.2. The van der Waals surface area contributed by atoms with E-state index in [-0.39, 0.29) is 11.5 Å². The number of rotatable bonds is 2. The van der Waals surface area contributed by atoms with Crippen molar-refractivity contribution < 1.29 is 9.90 Å². The molecule has 0 aliphatic carbocycles. The second kappa shape index (κ2) is 6.40. The van der Waals surface area contributed by atoms with E-state index in [0.717, 1.165) is 0 Å². The lowest BCUT2D eigenvalue weighted by atomic mass is 9.99. The van der Waals surface area contributed by atoms with Gasteiger partial charge in [0, 0.05) is 6.20 Å². The van der Waals surface area contributed by atoms with Gasteiger partial charge in [0.05, 0.1) is 5.56 Å². The maximum atomic E-state index is 10.8. The molecule has 0 saturated heterocycles. The second-order valence-electron chi connectivity index (χ2n) is 3.05. The lowest BCUT2D eigenvalue weighted by molar-refractivity contribution is 0.0695. The summed E-state index contributed by atoms with van der Waals surface area (Å²) in [5.74, 6) is -0.834. The number of hydrogen-bond acceptors (Lipinski definition) is 2. The van der Waals surface area contributed by atoms with Gasteiger partial charge in [-0.15, -0.1) is 0 Å². The van der Waals surface area contributed by atoms with Crippen LogP contribution in [0, 0.1) is 0 Å². The highest BCUT2D eigenvalue weighted by Crippen LogP contribution is 2.21. The zero-order chi connectivity index (χ0) is 12.0. The van der Waals surface area contributed by atoms with Crippen LogP contribution in [-0.4, -0.2) is 16.1 Å². The Balaban J connectivity index is 0.000000921. The lowest BCUT2D eigenvalue weighted by Gasteiger charge is -2.08. The highest BCUT2D eigenvalue weighted by Gasteiger charge is 2.13. The van der Waals surface area contributed by atoms with Crippen molar-refractivity contribution in [1.29, 1.82) is 0 Å². The molecule has 15 heavy (non-hydrogen) atoms. The standard InChI is InChI=1S/C9H10ClNO2.C2H6/c1-5(2)6-3-8(10)11-4-7(6)9(12)13;1-2/h3-5H,1-2H3,(H,12,13);1-2H3. The molecule has 0 saturated carbocycles. The third kappa shape index (κ3) is 3.88. The van der Waals surface area contributed by atoms with Crippen molar-refractivity contribution in [2.75, 3.05) is 0 Å². The molecule has 0 aliphatic rings. The molecular formula is C11H16ClNO2. The smallest absolute Gasteiger partial charge is 0.337 e. The van der Waals surface area contributed by atoms with Crippen LogP contribution in [0.2, 0.25) is 5.15 Å². The molecule has 0 amide bonds. The van der Waals surface area contributed by atoms with Crippen LogP contribution < -0.4 is 0 Å². The molecule has 1 N–H and O–H groups in total. The molecule has 0 spiro atoms. The van der Waals surface area contributed by atoms with E-state index in [4.69, 9.17) is 16.7 Å².